The summed E-state index contributed by atoms with van der Waals surface area (Å²) < 4.78 is 6.20. The number of nitrogens with zero attached hydrogens (tertiary/aromatic N) is 2. The molecule has 0 aliphatic rings. The van der Waals surface area contributed by atoms with Crippen LogP contribution in [0.4, 0.5) is 5.13 Å². The van der Waals surface area contributed by atoms with Crippen LogP contribution in [-0.4, -0.2) is 45.8 Å². The maximum atomic E-state index is 10.4. The van der Waals surface area contributed by atoms with Gasteiger partial charge in [-0.25, -0.2) is 0 Å². The van der Waals surface area contributed by atoms with Crippen LogP contribution in [-0.2, 0) is 9.53 Å². The third-order valence-corrected chi connectivity index (χ3v) is 3.93. The van der Waals surface area contributed by atoms with Gasteiger partial charge in [0.25, 0.3) is 0 Å². The Morgan fingerprint density at radius 1 is 1.56 bits per heavy atom. The van der Waals surface area contributed by atoms with Crippen LogP contribution in [0.15, 0.2) is 4.34 Å². The number of carboxylic acids is 1. The molecule has 0 saturated carbocycles. The number of hydrogen-bond donors (Lipinski definition) is 2. The fourth-order valence-electron chi connectivity index (χ4n) is 1.19. The molecule has 0 aliphatic carbocycles. The van der Waals surface area contributed by atoms with E-state index in [9.17, 15) is 4.79 Å². The lowest BCUT2D eigenvalue weighted by Crippen LogP contribution is -2.33. The van der Waals surface area contributed by atoms with Crippen molar-refractivity contribution in [1.82, 2.24) is 10.2 Å². The van der Waals surface area contributed by atoms with Crippen molar-refractivity contribution in [1.29, 1.82) is 0 Å². The van der Waals surface area contributed by atoms with Crippen LogP contribution < -0.4 is 5.32 Å². The van der Waals surface area contributed by atoms with E-state index in [1.165, 1.54) is 23.1 Å². The van der Waals surface area contributed by atoms with Crippen molar-refractivity contribution < 1.29 is 14.6 Å². The highest BCUT2D eigenvalue weighted by molar-refractivity contribution is 8.01. The summed E-state index contributed by atoms with van der Waals surface area (Å²) >= 11 is 2.51. The molecule has 0 bridgehead atoms. The molecular formula is C10H17N3O3S2. The molecule has 8 heteroatoms. The van der Waals surface area contributed by atoms with Crippen LogP contribution in [0.3, 0.4) is 0 Å². The molecule has 0 spiro atoms. The van der Waals surface area contributed by atoms with Gasteiger partial charge in [-0.3, -0.25) is 4.79 Å². The quantitative estimate of drug-likeness (QED) is 0.708. The summed E-state index contributed by atoms with van der Waals surface area (Å²) in [7, 11) is 0. The lowest BCUT2D eigenvalue weighted by molar-refractivity contribution is -0.133. The summed E-state index contributed by atoms with van der Waals surface area (Å²) in [5, 5.41) is 20.2. The number of hydrogen-bond acceptors (Lipinski definition) is 7. The van der Waals surface area contributed by atoms with Crippen LogP contribution in [0.5, 0.6) is 0 Å². The average molecular weight is 291 g/mol. The Kier molecular flexibility index (Phi) is 5.83. The Labute approximate surface area is 114 Å². The van der Waals surface area contributed by atoms with Gasteiger partial charge in [0.15, 0.2) is 4.34 Å². The highest BCUT2D eigenvalue weighted by atomic mass is 32.2. The number of rotatable bonds is 8. The van der Waals surface area contributed by atoms with Crippen molar-refractivity contribution in [3.63, 3.8) is 0 Å². The molecule has 0 unspecified atom stereocenters. The van der Waals surface area contributed by atoms with Crippen molar-refractivity contribution >= 4 is 34.2 Å². The fraction of sp³-hybridized carbons (Fsp3) is 0.700. The maximum absolute atomic E-state index is 10.4. The number of anilines is 1. The number of carboxylic acid groups (broad SMARTS) is 1. The fourth-order valence-corrected chi connectivity index (χ4v) is 2.66. The summed E-state index contributed by atoms with van der Waals surface area (Å²) in [6.07, 6.45) is 0. The number of aliphatic carboxylic acids is 1. The summed E-state index contributed by atoms with van der Waals surface area (Å²) in [5.41, 5.74) is -0.269. The monoisotopic (exact) mass is 291 g/mol. The van der Waals surface area contributed by atoms with Gasteiger partial charge in [0.2, 0.25) is 5.13 Å². The lowest BCUT2D eigenvalue weighted by atomic mass is 10.1. The summed E-state index contributed by atoms with van der Waals surface area (Å²) in [5.74, 6) is -0.860. The van der Waals surface area contributed by atoms with Crippen LogP contribution in [0, 0.1) is 0 Å². The van der Waals surface area contributed by atoms with Gasteiger partial charge in [-0.2, -0.15) is 0 Å². The first-order valence-electron chi connectivity index (χ1n) is 5.49. The number of thioether (sulfide) groups is 1. The molecule has 0 saturated heterocycles. The topological polar surface area (TPSA) is 84.3 Å². The number of ether oxygens (including phenoxy) is 1. The van der Waals surface area contributed by atoms with E-state index in [1.807, 2.05) is 20.8 Å². The number of nitrogens with one attached hydrogen (secondary N) is 1. The van der Waals surface area contributed by atoms with E-state index in [0.717, 1.165) is 0 Å². The van der Waals surface area contributed by atoms with Gasteiger partial charge in [-0.05, 0) is 20.8 Å². The Balaban J connectivity index is 2.41. The minimum Gasteiger partial charge on any atom is -0.481 e. The number of aromatic nitrogens is 2. The van der Waals surface area contributed by atoms with Crippen molar-refractivity contribution in [2.75, 3.05) is 24.2 Å². The molecule has 1 heterocycles. The first-order valence-corrected chi connectivity index (χ1v) is 7.29. The molecule has 0 aliphatic heterocycles. The van der Waals surface area contributed by atoms with Gasteiger partial charge in [0, 0.05) is 13.2 Å². The third-order valence-electron chi connectivity index (χ3n) is 1.93. The Bertz CT molecular complexity index is 395. The molecular weight excluding hydrogens is 274 g/mol. The van der Waals surface area contributed by atoms with Gasteiger partial charge >= 0.3 is 5.97 Å². The molecule has 1 aromatic heterocycles. The van der Waals surface area contributed by atoms with E-state index in [0.29, 0.717) is 22.6 Å². The van der Waals surface area contributed by atoms with E-state index < -0.39 is 5.97 Å². The molecule has 102 valence electrons. The molecule has 1 rings (SSSR count). The SMILES string of the molecule is CCOC(C)(C)CNc1nnc(SCC(=O)O)s1. The van der Waals surface area contributed by atoms with Crippen molar-refractivity contribution in [3.8, 4) is 0 Å². The minimum absolute atomic E-state index is 0.000920. The van der Waals surface area contributed by atoms with Gasteiger partial charge in [0.05, 0.1) is 11.4 Å². The maximum Gasteiger partial charge on any atom is 0.313 e. The normalized spacial score (nSPS) is 11.5. The van der Waals surface area contributed by atoms with E-state index in [-0.39, 0.29) is 11.4 Å². The Morgan fingerprint density at radius 3 is 2.89 bits per heavy atom. The molecule has 0 aromatic carbocycles. The largest absolute Gasteiger partial charge is 0.481 e. The van der Waals surface area contributed by atoms with E-state index >= 15 is 0 Å². The number of carbonyl (C=O) groups is 1. The second kappa shape index (κ2) is 6.91. The summed E-state index contributed by atoms with van der Waals surface area (Å²) in [4.78, 5) is 10.4. The van der Waals surface area contributed by atoms with Crippen LogP contribution in [0.25, 0.3) is 0 Å². The zero-order valence-corrected chi connectivity index (χ0v) is 12.2. The van der Waals surface area contributed by atoms with Crippen molar-refractivity contribution in [2.45, 2.75) is 30.7 Å². The molecule has 0 atom stereocenters. The predicted octanol–water partition coefficient (Wildman–Crippen LogP) is 1.94. The highest BCUT2D eigenvalue weighted by Crippen LogP contribution is 2.25. The molecule has 0 radical (unpaired) electrons. The zero-order chi connectivity index (χ0) is 13.6. The van der Waals surface area contributed by atoms with E-state index in [4.69, 9.17) is 9.84 Å². The molecule has 2 N–H and O–H groups in total. The smallest absolute Gasteiger partial charge is 0.313 e. The molecule has 6 nitrogen and oxygen atoms in total. The van der Waals surface area contributed by atoms with Crippen LogP contribution >= 0.6 is 23.1 Å². The van der Waals surface area contributed by atoms with E-state index in [1.54, 1.807) is 0 Å². The summed E-state index contributed by atoms with van der Waals surface area (Å²) in [6.45, 7) is 7.21. The van der Waals surface area contributed by atoms with E-state index in [2.05, 4.69) is 15.5 Å². The molecule has 0 fully saturated rings. The Morgan fingerprint density at radius 2 is 2.28 bits per heavy atom. The first-order chi connectivity index (χ1) is 8.43. The Hall–Kier alpha value is -0.860. The van der Waals surface area contributed by atoms with Crippen LogP contribution in [0.1, 0.15) is 20.8 Å². The van der Waals surface area contributed by atoms with Crippen molar-refractivity contribution in [2.24, 2.45) is 0 Å². The molecule has 18 heavy (non-hydrogen) atoms. The zero-order valence-electron chi connectivity index (χ0n) is 10.6. The lowest BCUT2D eigenvalue weighted by Gasteiger charge is -2.24. The predicted molar refractivity (Wildman–Crippen MR) is 72.5 cm³/mol. The van der Waals surface area contributed by atoms with Crippen molar-refractivity contribution in [3.05, 3.63) is 0 Å². The minimum atomic E-state index is -0.859. The van der Waals surface area contributed by atoms with Gasteiger partial charge in [-0.1, -0.05) is 23.1 Å². The third kappa shape index (κ3) is 5.65. The molecule has 1 aromatic rings. The van der Waals surface area contributed by atoms with Gasteiger partial charge in [0.1, 0.15) is 0 Å². The molecule has 0 amide bonds. The summed E-state index contributed by atoms with van der Waals surface area (Å²) in [6, 6.07) is 0. The van der Waals surface area contributed by atoms with Gasteiger partial charge < -0.3 is 15.2 Å². The average Bonchev–Trinajstić information content (AvgIpc) is 2.72. The second-order valence-electron chi connectivity index (χ2n) is 4.10. The highest BCUT2D eigenvalue weighted by Gasteiger charge is 2.18. The second-order valence-corrected chi connectivity index (χ2v) is 6.30. The standard InChI is InChI=1S/C10H17N3O3S2/c1-4-16-10(2,3)6-11-8-12-13-9(18-8)17-5-7(14)15/h4-6H2,1-3H3,(H,11,12)(H,14,15). The first kappa shape index (κ1) is 15.2. The van der Waals surface area contributed by atoms with Crippen LogP contribution in [0.2, 0.25) is 0 Å². The van der Waals surface area contributed by atoms with Gasteiger partial charge in [-0.15, -0.1) is 10.2 Å².